The minimum Gasteiger partial charge on any atom is -0.350 e. The number of nitrogens with zero attached hydrogens (tertiary/aromatic N) is 3. The summed E-state index contributed by atoms with van der Waals surface area (Å²) >= 11 is 5.86. The first-order chi connectivity index (χ1) is 12.1. The predicted octanol–water partition coefficient (Wildman–Crippen LogP) is 3.60. The SMILES string of the molecule is C[C@H](NC(=O)CCc1nc(-c2ccc(Cl)cc2)no1)c1cccnc1. The standard InChI is InChI=1S/C18H17ClN4O2/c1-12(14-3-2-10-20-11-14)21-16(24)8-9-17-22-18(23-25-17)13-4-6-15(19)7-5-13/h2-7,10-12H,8-9H2,1H3,(H,21,24)/t12-/m0/s1. The van der Waals surface area contributed by atoms with Crippen molar-refractivity contribution < 1.29 is 9.32 Å². The minimum absolute atomic E-state index is 0.0809. The van der Waals surface area contributed by atoms with E-state index in [1.54, 1.807) is 24.5 Å². The van der Waals surface area contributed by atoms with Gasteiger partial charge < -0.3 is 9.84 Å². The van der Waals surface area contributed by atoms with Gasteiger partial charge in [-0.15, -0.1) is 0 Å². The number of hydrogen-bond acceptors (Lipinski definition) is 5. The van der Waals surface area contributed by atoms with Gasteiger partial charge >= 0.3 is 0 Å². The number of amides is 1. The maximum Gasteiger partial charge on any atom is 0.227 e. The van der Waals surface area contributed by atoms with Gasteiger partial charge in [0.1, 0.15) is 0 Å². The molecule has 3 rings (SSSR count). The van der Waals surface area contributed by atoms with Crippen molar-refractivity contribution in [3.05, 3.63) is 65.3 Å². The Bertz CT molecular complexity index is 834. The summed E-state index contributed by atoms with van der Waals surface area (Å²) in [5.74, 6) is 0.826. The molecule has 0 aliphatic heterocycles. The summed E-state index contributed by atoms with van der Waals surface area (Å²) in [4.78, 5) is 20.4. The highest BCUT2D eigenvalue weighted by molar-refractivity contribution is 6.30. The first-order valence-electron chi connectivity index (χ1n) is 7.89. The van der Waals surface area contributed by atoms with Gasteiger partial charge in [-0.05, 0) is 42.8 Å². The summed E-state index contributed by atoms with van der Waals surface area (Å²) in [6, 6.07) is 10.8. The van der Waals surface area contributed by atoms with Gasteiger partial charge in [0.25, 0.3) is 0 Å². The summed E-state index contributed by atoms with van der Waals surface area (Å²) in [5, 5.41) is 7.51. The number of aryl methyl sites for hydroxylation is 1. The number of halogens is 1. The fourth-order valence-corrected chi connectivity index (χ4v) is 2.45. The smallest absolute Gasteiger partial charge is 0.227 e. The van der Waals surface area contributed by atoms with Crippen molar-refractivity contribution in [3.8, 4) is 11.4 Å². The van der Waals surface area contributed by atoms with Crippen LogP contribution in [0.4, 0.5) is 0 Å². The molecule has 0 bridgehead atoms. The molecular formula is C18H17ClN4O2. The molecule has 1 N–H and O–H groups in total. The van der Waals surface area contributed by atoms with Crippen molar-refractivity contribution in [3.63, 3.8) is 0 Å². The van der Waals surface area contributed by atoms with Crippen molar-refractivity contribution in [1.29, 1.82) is 0 Å². The molecule has 0 aliphatic rings. The molecule has 2 aromatic heterocycles. The van der Waals surface area contributed by atoms with Gasteiger partial charge in [-0.2, -0.15) is 4.98 Å². The molecule has 6 nitrogen and oxygen atoms in total. The highest BCUT2D eigenvalue weighted by atomic mass is 35.5. The van der Waals surface area contributed by atoms with Crippen LogP contribution in [0.3, 0.4) is 0 Å². The lowest BCUT2D eigenvalue weighted by atomic mass is 10.1. The van der Waals surface area contributed by atoms with E-state index in [4.69, 9.17) is 16.1 Å². The van der Waals surface area contributed by atoms with Gasteiger partial charge in [0.15, 0.2) is 0 Å². The summed E-state index contributed by atoms with van der Waals surface area (Å²) < 4.78 is 5.21. The molecule has 128 valence electrons. The molecular weight excluding hydrogens is 340 g/mol. The monoisotopic (exact) mass is 356 g/mol. The summed E-state index contributed by atoms with van der Waals surface area (Å²) in [6.45, 7) is 1.92. The molecule has 0 fully saturated rings. The zero-order valence-corrected chi connectivity index (χ0v) is 14.4. The number of carbonyl (C=O) groups excluding carboxylic acids is 1. The molecule has 1 atom stereocenters. The average molecular weight is 357 g/mol. The van der Waals surface area contributed by atoms with Crippen LogP contribution in [0.15, 0.2) is 53.3 Å². The molecule has 0 saturated heterocycles. The molecule has 0 aliphatic carbocycles. The van der Waals surface area contributed by atoms with Gasteiger partial charge in [-0.25, -0.2) is 0 Å². The largest absolute Gasteiger partial charge is 0.350 e. The summed E-state index contributed by atoms with van der Waals surface area (Å²) in [6.07, 6.45) is 4.09. The first kappa shape index (κ1) is 17.1. The maximum absolute atomic E-state index is 12.1. The predicted molar refractivity (Wildman–Crippen MR) is 93.9 cm³/mol. The number of carbonyl (C=O) groups is 1. The number of nitrogens with one attached hydrogen (secondary N) is 1. The number of aromatic nitrogens is 3. The molecule has 1 aromatic carbocycles. The molecule has 25 heavy (non-hydrogen) atoms. The van der Waals surface area contributed by atoms with Crippen molar-refractivity contribution in [1.82, 2.24) is 20.4 Å². The second kappa shape index (κ2) is 7.90. The van der Waals surface area contributed by atoms with E-state index in [1.807, 2.05) is 31.2 Å². The van der Waals surface area contributed by atoms with Crippen molar-refractivity contribution in [2.24, 2.45) is 0 Å². The van der Waals surface area contributed by atoms with Crippen LogP contribution in [0.2, 0.25) is 5.02 Å². The summed E-state index contributed by atoms with van der Waals surface area (Å²) in [7, 11) is 0. The molecule has 2 heterocycles. The second-order valence-electron chi connectivity index (χ2n) is 5.59. The van der Waals surface area contributed by atoms with E-state index in [2.05, 4.69) is 20.4 Å². The van der Waals surface area contributed by atoms with Crippen LogP contribution in [-0.4, -0.2) is 21.0 Å². The van der Waals surface area contributed by atoms with E-state index in [0.29, 0.717) is 23.2 Å². The molecule has 0 radical (unpaired) electrons. The van der Waals surface area contributed by atoms with E-state index < -0.39 is 0 Å². The normalized spacial score (nSPS) is 11.9. The molecule has 1 amide bonds. The molecule has 0 unspecified atom stereocenters. The Balaban J connectivity index is 1.53. The van der Waals surface area contributed by atoms with Gasteiger partial charge in [0.2, 0.25) is 17.6 Å². The van der Waals surface area contributed by atoms with Crippen molar-refractivity contribution in [2.75, 3.05) is 0 Å². The quantitative estimate of drug-likeness (QED) is 0.729. The highest BCUT2D eigenvalue weighted by Crippen LogP contribution is 2.19. The summed E-state index contributed by atoms with van der Waals surface area (Å²) in [5.41, 5.74) is 1.77. The Labute approximate surface area is 150 Å². The fraction of sp³-hybridized carbons (Fsp3) is 0.222. The third-order valence-corrected chi connectivity index (χ3v) is 3.95. The van der Waals surface area contributed by atoms with Gasteiger partial charge in [0.05, 0.1) is 6.04 Å². The van der Waals surface area contributed by atoms with Crippen LogP contribution in [0.5, 0.6) is 0 Å². The lowest BCUT2D eigenvalue weighted by Crippen LogP contribution is -2.26. The molecule has 0 saturated carbocycles. The van der Waals surface area contributed by atoms with E-state index in [-0.39, 0.29) is 18.4 Å². The first-order valence-corrected chi connectivity index (χ1v) is 8.27. The Morgan fingerprint density at radius 2 is 2.08 bits per heavy atom. The van der Waals surface area contributed by atoms with Crippen LogP contribution < -0.4 is 5.32 Å². The Kier molecular flexibility index (Phi) is 5.40. The highest BCUT2D eigenvalue weighted by Gasteiger charge is 2.13. The van der Waals surface area contributed by atoms with Crippen LogP contribution in [0, 0.1) is 0 Å². The molecule has 3 aromatic rings. The lowest BCUT2D eigenvalue weighted by molar-refractivity contribution is -0.121. The Morgan fingerprint density at radius 1 is 1.28 bits per heavy atom. The van der Waals surface area contributed by atoms with Crippen LogP contribution >= 0.6 is 11.6 Å². The Morgan fingerprint density at radius 3 is 2.80 bits per heavy atom. The molecule has 7 heteroatoms. The van der Waals surface area contributed by atoms with Crippen LogP contribution in [0.1, 0.15) is 30.8 Å². The maximum atomic E-state index is 12.1. The zero-order valence-electron chi connectivity index (χ0n) is 13.6. The number of benzene rings is 1. The third kappa shape index (κ3) is 4.64. The van der Waals surface area contributed by atoms with Crippen molar-refractivity contribution in [2.45, 2.75) is 25.8 Å². The Hall–Kier alpha value is -2.73. The number of pyridine rings is 1. The van der Waals surface area contributed by atoms with E-state index in [0.717, 1.165) is 11.1 Å². The minimum atomic E-state index is -0.103. The number of rotatable bonds is 6. The van der Waals surface area contributed by atoms with E-state index in [1.165, 1.54) is 0 Å². The topological polar surface area (TPSA) is 80.9 Å². The van der Waals surface area contributed by atoms with Crippen LogP contribution in [0.25, 0.3) is 11.4 Å². The van der Waals surface area contributed by atoms with Gasteiger partial charge in [0, 0.05) is 35.8 Å². The fourth-order valence-electron chi connectivity index (χ4n) is 2.32. The third-order valence-electron chi connectivity index (χ3n) is 3.70. The van der Waals surface area contributed by atoms with Crippen molar-refractivity contribution >= 4 is 17.5 Å². The average Bonchev–Trinajstić information content (AvgIpc) is 3.10. The lowest BCUT2D eigenvalue weighted by Gasteiger charge is -2.13. The van der Waals surface area contributed by atoms with E-state index >= 15 is 0 Å². The van der Waals surface area contributed by atoms with Gasteiger partial charge in [-0.1, -0.05) is 22.8 Å². The number of hydrogen-bond donors (Lipinski definition) is 1. The second-order valence-corrected chi connectivity index (χ2v) is 6.03. The zero-order chi connectivity index (χ0) is 17.6. The molecule has 0 spiro atoms. The van der Waals surface area contributed by atoms with E-state index in [9.17, 15) is 4.79 Å². The van der Waals surface area contributed by atoms with Gasteiger partial charge in [-0.3, -0.25) is 9.78 Å². The van der Waals surface area contributed by atoms with Crippen LogP contribution in [-0.2, 0) is 11.2 Å².